The van der Waals surface area contributed by atoms with Crippen molar-refractivity contribution in [1.82, 2.24) is 14.1 Å². The molecule has 0 aliphatic carbocycles. The SMILES string of the molecule is [2H]C([2H])([2H])C(c1cc(-c2cccc3c4ccccc4c4cccc(-c5ccccc5)c4c4cccc5c4n(c23)[CH-]N5c2[c-]c(Oc3[c-]c4c(cc3)c3ccccc3n4-c3cc(C(C)(C)C)ccn3)ccc2)cc(C(C)(C)C)c1)(C([2H])([2H])[2H])C([2H])([2H])[2H].[Pt]. The third-order valence-electron chi connectivity index (χ3n) is 15.1. The molecule has 6 heteroatoms. The van der Waals surface area contributed by atoms with Gasteiger partial charge in [0.2, 0.25) is 0 Å². The molecule has 0 atom stereocenters. The standard InChI is InChI=1S/C72H61N4O.Pt/c1-70(2,3)48-37-38-73-66(42-48)76-63-33-16-15-27-58(63)59-36-35-53(44-65(59)76)77-52-24-17-23-51(43-52)74-45-75-68-55(47-39-49(71(4,5)6)41-50(40-47)72(7,8)9)29-19-31-61(68)57-26-14-13-25-56(57)60-30-18-28-54(46-21-11-10-12-22-46)67(60)62-32-20-34-64(74)69(62)75;/h10-42,45H,1-9H3;/q-3;/i4D3,5D3,6D3;. The van der Waals surface area contributed by atoms with Gasteiger partial charge in [0.05, 0.1) is 0 Å². The summed E-state index contributed by atoms with van der Waals surface area (Å²) in [7, 11) is 0. The molecule has 1 aliphatic heterocycles. The summed E-state index contributed by atoms with van der Waals surface area (Å²) < 4.78 is 90.9. The van der Waals surface area contributed by atoms with Crippen LogP contribution in [0.15, 0.2) is 200 Å². The maximum absolute atomic E-state index is 8.87. The number of fused-ring (bicyclic) bond motifs is 10. The number of hydrogen-bond donors (Lipinski definition) is 0. The van der Waals surface area contributed by atoms with Crippen molar-refractivity contribution in [2.75, 3.05) is 4.90 Å². The summed E-state index contributed by atoms with van der Waals surface area (Å²) in [6.45, 7) is 3.97. The summed E-state index contributed by atoms with van der Waals surface area (Å²) >= 11 is 0. The Morgan fingerprint density at radius 3 is 1.87 bits per heavy atom. The monoisotopic (exact) mass is 1200 g/mol. The minimum atomic E-state index is -3.49. The Balaban J connectivity index is 0.00000739. The molecule has 388 valence electrons. The van der Waals surface area contributed by atoms with Crippen molar-refractivity contribution in [3.63, 3.8) is 0 Å². The Hall–Kier alpha value is -8.11. The molecule has 0 amide bonds. The van der Waals surface area contributed by atoms with Crippen LogP contribution < -0.4 is 9.64 Å². The number of pyridine rings is 1. The van der Waals surface area contributed by atoms with Gasteiger partial charge >= 0.3 is 0 Å². The molecule has 0 radical (unpaired) electrons. The number of rotatable bonds is 6. The molecule has 0 fully saturated rings. The molecule has 3 aromatic heterocycles. The maximum atomic E-state index is 8.87. The van der Waals surface area contributed by atoms with Crippen LogP contribution in [0.2, 0.25) is 0 Å². The van der Waals surface area contributed by atoms with Gasteiger partial charge < -0.3 is 18.8 Å². The zero-order valence-electron chi connectivity index (χ0n) is 53.1. The first-order valence-corrected chi connectivity index (χ1v) is 26.1. The third kappa shape index (κ3) is 8.70. The number of ether oxygens (including phenoxy) is 1. The van der Waals surface area contributed by atoms with Gasteiger partial charge in [0.1, 0.15) is 5.82 Å². The fourth-order valence-electron chi connectivity index (χ4n) is 11.3. The van der Waals surface area contributed by atoms with Gasteiger partial charge in [0.25, 0.3) is 0 Å². The van der Waals surface area contributed by atoms with Crippen LogP contribution >= 0.6 is 0 Å². The van der Waals surface area contributed by atoms with Crippen LogP contribution in [-0.4, -0.2) is 14.1 Å². The molecule has 0 bridgehead atoms. The molecule has 5 nitrogen and oxygen atoms in total. The van der Waals surface area contributed by atoms with Gasteiger partial charge in [-0.2, -0.15) is 12.1 Å². The van der Waals surface area contributed by atoms with Crippen LogP contribution in [0.3, 0.4) is 0 Å². The van der Waals surface area contributed by atoms with Gasteiger partial charge in [-0.3, -0.25) is 0 Å². The van der Waals surface area contributed by atoms with E-state index in [2.05, 4.69) is 144 Å². The van der Waals surface area contributed by atoms with E-state index in [0.717, 1.165) is 87.8 Å². The molecule has 9 aromatic carbocycles. The Morgan fingerprint density at radius 2 is 1.12 bits per heavy atom. The van der Waals surface area contributed by atoms with Crippen LogP contribution in [0.25, 0.3) is 93.2 Å². The van der Waals surface area contributed by atoms with Gasteiger partial charge in [0, 0.05) is 62.3 Å². The Kier molecular flexibility index (Phi) is 10.1. The number of para-hydroxylation sites is 3. The minimum Gasteiger partial charge on any atom is -0.509 e. The van der Waals surface area contributed by atoms with Gasteiger partial charge in [0.15, 0.2) is 0 Å². The van der Waals surface area contributed by atoms with Crippen LogP contribution in [0.1, 0.15) is 91.1 Å². The van der Waals surface area contributed by atoms with Crippen molar-refractivity contribution >= 4 is 76.5 Å². The second-order valence-corrected chi connectivity index (χ2v) is 22.3. The molecule has 0 saturated heterocycles. The first-order chi connectivity index (χ1) is 40.8. The summed E-state index contributed by atoms with van der Waals surface area (Å²) in [6.07, 6.45) is 1.86. The maximum Gasteiger partial charge on any atom is 0.135 e. The van der Waals surface area contributed by atoms with E-state index in [1.165, 1.54) is 12.1 Å². The van der Waals surface area contributed by atoms with Crippen molar-refractivity contribution in [1.29, 1.82) is 0 Å². The second-order valence-electron chi connectivity index (χ2n) is 22.3. The number of nitrogens with zero attached hydrogens (tertiary/aromatic N) is 4. The molecule has 1 aliphatic rings. The summed E-state index contributed by atoms with van der Waals surface area (Å²) in [5, 5.41) is 7.66. The van der Waals surface area contributed by atoms with Gasteiger partial charge in [-0.15, -0.1) is 35.7 Å². The van der Waals surface area contributed by atoms with Gasteiger partial charge in [-0.1, -0.05) is 213 Å². The first kappa shape index (κ1) is 41.0. The van der Waals surface area contributed by atoms with Crippen LogP contribution in [-0.2, 0) is 37.3 Å². The molecule has 0 spiro atoms. The van der Waals surface area contributed by atoms with E-state index in [0.29, 0.717) is 39.4 Å². The molecule has 0 N–H and O–H groups in total. The average Bonchev–Trinajstić information content (AvgIpc) is 0.866. The molecule has 78 heavy (non-hydrogen) atoms. The third-order valence-corrected chi connectivity index (χ3v) is 15.1. The predicted molar refractivity (Wildman–Crippen MR) is 324 cm³/mol. The van der Waals surface area contributed by atoms with Crippen LogP contribution in [0, 0.1) is 18.8 Å². The molecule has 0 saturated carbocycles. The summed E-state index contributed by atoms with van der Waals surface area (Å²) in [4.78, 5) is 6.97. The second kappa shape index (κ2) is 19.1. The number of anilines is 2. The molecule has 0 unspecified atom stereocenters. The quantitative estimate of drug-likeness (QED) is 0.156. The number of hydrogen-bond acceptors (Lipinski definition) is 3. The molecular formula is C72H61N4OPt-3. The topological polar surface area (TPSA) is 35.2 Å². The zero-order chi connectivity index (χ0) is 60.5. The fourth-order valence-corrected chi connectivity index (χ4v) is 11.3. The van der Waals surface area contributed by atoms with Crippen molar-refractivity contribution in [3.05, 3.63) is 236 Å². The average molecular weight is 1200 g/mol. The van der Waals surface area contributed by atoms with E-state index in [-0.39, 0.29) is 32.0 Å². The van der Waals surface area contributed by atoms with Crippen molar-refractivity contribution in [2.45, 2.75) is 78.3 Å². The largest absolute Gasteiger partial charge is 0.509 e. The van der Waals surface area contributed by atoms with Crippen molar-refractivity contribution in [3.8, 4) is 39.6 Å². The van der Waals surface area contributed by atoms with Gasteiger partial charge in [-0.05, 0) is 135 Å². The smallest absolute Gasteiger partial charge is 0.135 e. The van der Waals surface area contributed by atoms with E-state index in [4.69, 9.17) is 22.1 Å². The van der Waals surface area contributed by atoms with E-state index in [9.17, 15) is 0 Å². The van der Waals surface area contributed by atoms with Gasteiger partial charge in [-0.25, -0.2) is 4.98 Å². The summed E-state index contributed by atoms with van der Waals surface area (Å²) in [6, 6.07) is 71.7. The minimum absolute atomic E-state index is 0. The number of benzene rings is 9. The Labute approximate surface area is 485 Å². The Morgan fingerprint density at radius 1 is 0.487 bits per heavy atom. The van der Waals surface area contributed by atoms with E-state index < -0.39 is 31.4 Å². The molecule has 12 aromatic rings. The number of aromatic nitrogens is 3. The zero-order valence-corrected chi connectivity index (χ0v) is 46.4. The van der Waals surface area contributed by atoms with E-state index in [1.54, 1.807) is 0 Å². The fraction of sp³-hybridized carbons (Fsp3) is 0.167. The summed E-state index contributed by atoms with van der Waals surface area (Å²) in [5.41, 5.74) is 5.24. The van der Waals surface area contributed by atoms with E-state index in [1.807, 2.05) is 119 Å². The van der Waals surface area contributed by atoms with E-state index >= 15 is 0 Å². The Bertz CT molecular complexity index is 4740. The molecular weight excluding hydrogens is 1130 g/mol. The van der Waals surface area contributed by atoms with Crippen LogP contribution in [0.4, 0.5) is 11.4 Å². The first-order valence-electron chi connectivity index (χ1n) is 30.6. The molecule has 13 rings (SSSR count). The van der Waals surface area contributed by atoms with Crippen molar-refractivity contribution < 1.29 is 38.1 Å². The summed E-state index contributed by atoms with van der Waals surface area (Å²) in [5.74, 6) is 1.71. The van der Waals surface area contributed by atoms with Crippen molar-refractivity contribution in [2.24, 2.45) is 0 Å². The molecule has 4 heterocycles. The normalized spacial score (nSPS) is 14.8. The van der Waals surface area contributed by atoms with Crippen LogP contribution in [0.5, 0.6) is 11.5 Å². The predicted octanol–water partition coefficient (Wildman–Crippen LogP) is 19.5.